The highest BCUT2D eigenvalue weighted by atomic mass is 15.3. The van der Waals surface area contributed by atoms with E-state index in [4.69, 9.17) is 10.7 Å². The number of nitrogens with two attached hydrogens (primary N) is 1. The van der Waals surface area contributed by atoms with E-state index in [0.717, 1.165) is 55.8 Å². The van der Waals surface area contributed by atoms with Gasteiger partial charge in [0.2, 0.25) is 0 Å². The average molecular weight is 289 g/mol. The Morgan fingerprint density at radius 2 is 1.76 bits per heavy atom. The van der Waals surface area contributed by atoms with E-state index < -0.39 is 0 Å². The van der Waals surface area contributed by atoms with Crippen molar-refractivity contribution in [3.05, 3.63) is 11.4 Å². The van der Waals surface area contributed by atoms with Gasteiger partial charge in [-0.1, -0.05) is 19.8 Å². The summed E-state index contributed by atoms with van der Waals surface area (Å²) in [6, 6.07) is 0.829. The van der Waals surface area contributed by atoms with Crippen LogP contribution in [-0.2, 0) is 6.42 Å². The summed E-state index contributed by atoms with van der Waals surface area (Å²) in [5.74, 6) is 2.53. The van der Waals surface area contributed by atoms with Gasteiger partial charge in [0.25, 0.3) is 0 Å². The van der Waals surface area contributed by atoms with Crippen LogP contribution in [0.2, 0.25) is 0 Å². The predicted octanol–water partition coefficient (Wildman–Crippen LogP) is 1.99. The molecule has 0 aromatic carbocycles. The normalized spacial score (nSPS) is 21.1. The van der Waals surface area contributed by atoms with E-state index in [-0.39, 0.29) is 0 Å². The summed E-state index contributed by atoms with van der Waals surface area (Å²) in [4.78, 5) is 14.1. The molecule has 3 rings (SSSR count). The van der Waals surface area contributed by atoms with Crippen LogP contribution >= 0.6 is 0 Å². The summed E-state index contributed by atoms with van der Waals surface area (Å²) in [7, 11) is 0. The third-order valence-corrected chi connectivity index (χ3v) is 4.98. The molecule has 0 unspecified atom stereocenters. The molecule has 0 radical (unpaired) electrons. The van der Waals surface area contributed by atoms with Gasteiger partial charge < -0.3 is 10.6 Å². The van der Waals surface area contributed by atoms with E-state index in [2.05, 4.69) is 21.7 Å². The molecule has 1 aliphatic carbocycles. The van der Waals surface area contributed by atoms with E-state index in [1.807, 2.05) is 6.92 Å². The summed E-state index contributed by atoms with van der Waals surface area (Å²) in [5.41, 5.74) is 7.07. The van der Waals surface area contributed by atoms with Crippen LogP contribution in [0.15, 0.2) is 0 Å². The number of anilines is 2. The van der Waals surface area contributed by atoms with Crippen molar-refractivity contribution in [2.45, 2.75) is 52.0 Å². The number of rotatable bonds is 3. The topological polar surface area (TPSA) is 58.3 Å². The van der Waals surface area contributed by atoms with Gasteiger partial charge in [0, 0.05) is 44.2 Å². The molecule has 2 aliphatic rings. The zero-order valence-corrected chi connectivity index (χ0v) is 13.3. The molecule has 1 aliphatic heterocycles. The van der Waals surface area contributed by atoms with Crippen LogP contribution in [0.3, 0.4) is 0 Å². The molecular formula is C16H27N5. The number of nitrogens with zero attached hydrogens (tertiary/aromatic N) is 4. The second-order valence-corrected chi connectivity index (χ2v) is 6.29. The smallest absolute Gasteiger partial charge is 0.137 e. The van der Waals surface area contributed by atoms with Crippen LogP contribution < -0.4 is 10.6 Å². The van der Waals surface area contributed by atoms with Gasteiger partial charge in [0.05, 0.1) is 0 Å². The van der Waals surface area contributed by atoms with Crippen LogP contribution in [0, 0.1) is 6.92 Å². The SMILES string of the molecule is CCc1nc(N)c(C)c(N2CCN(C3CCCC3)CC2)n1. The van der Waals surface area contributed by atoms with Gasteiger partial charge in [-0.2, -0.15) is 0 Å². The van der Waals surface area contributed by atoms with Crippen LogP contribution in [0.25, 0.3) is 0 Å². The van der Waals surface area contributed by atoms with Crippen molar-refractivity contribution in [1.29, 1.82) is 0 Å². The second-order valence-electron chi connectivity index (χ2n) is 6.29. The quantitative estimate of drug-likeness (QED) is 0.922. The molecule has 2 N–H and O–H groups in total. The van der Waals surface area contributed by atoms with Gasteiger partial charge in [-0.25, -0.2) is 9.97 Å². The lowest BCUT2D eigenvalue weighted by molar-refractivity contribution is 0.187. The fourth-order valence-corrected chi connectivity index (χ4v) is 3.60. The number of aryl methyl sites for hydroxylation is 1. The van der Waals surface area contributed by atoms with Crippen LogP contribution in [0.1, 0.15) is 44.0 Å². The second kappa shape index (κ2) is 6.18. The Morgan fingerprint density at radius 1 is 1.10 bits per heavy atom. The Balaban J connectivity index is 1.70. The minimum atomic E-state index is 0.634. The highest BCUT2D eigenvalue weighted by molar-refractivity contribution is 5.56. The van der Waals surface area contributed by atoms with Gasteiger partial charge >= 0.3 is 0 Å². The maximum absolute atomic E-state index is 6.04. The number of piperazine rings is 1. The summed E-state index contributed by atoms with van der Waals surface area (Å²) in [5, 5.41) is 0. The van der Waals surface area contributed by atoms with E-state index in [0.29, 0.717) is 5.82 Å². The Labute approximate surface area is 127 Å². The fourth-order valence-electron chi connectivity index (χ4n) is 3.60. The van der Waals surface area contributed by atoms with Gasteiger partial charge in [-0.15, -0.1) is 0 Å². The monoisotopic (exact) mass is 289 g/mol. The Hall–Kier alpha value is -1.36. The minimum Gasteiger partial charge on any atom is -0.383 e. The summed E-state index contributed by atoms with van der Waals surface area (Å²) in [6.07, 6.45) is 6.43. The fraction of sp³-hybridized carbons (Fsp3) is 0.750. The van der Waals surface area contributed by atoms with Gasteiger partial charge in [0.15, 0.2) is 0 Å². The van der Waals surface area contributed by atoms with Crippen molar-refractivity contribution in [1.82, 2.24) is 14.9 Å². The first-order valence-electron chi connectivity index (χ1n) is 8.31. The van der Waals surface area contributed by atoms with E-state index in [1.165, 1.54) is 25.7 Å². The molecule has 1 saturated carbocycles. The summed E-state index contributed by atoms with van der Waals surface area (Å²) in [6.45, 7) is 8.51. The minimum absolute atomic E-state index is 0.634. The molecule has 0 amide bonds. The van der Waals surface area contributed by atoms with E-state index in [9.17, 15) is 0 Å². The lowest BCUT2D eigenvalue weighted by Gasteiger charge is -2.39. The van der Waals surface area contributed by atoms with Crippen molar-refractivity contribution < 1.29 is 0 Å². The van der Waals surface area contributed by atoms with Crippen molar-refractivity contribution in [3.63, 3.8) is 0 Å². The lowest BCUT2D eigenvalue weighted by Crippen LogP contribution is -2.50. The van der Waals surface area contributed by atoms with Gasteiger partial charge in [0.1, 0.15) is 17.5 Å². The molecule has 5 nitrogen and oxygen atoms in total. The summed E-state index contributed by atoms with van der Waals surface area (Å²) < 4.78 is 0. The number of hydrogen-bond donors (Lipinski definition) is 1. The van der Waals surface area contributed by atoms with Crippen molar-refractivity contribution in [2.75, 3.05) is 36.8 Å². The van der Waals surface area contributed by atoms with Crippen LogP contribution in [0.4, 0.5) is 11.6 Å². The average Bonchev–Trinajstić information content (AvgIpc) is 3.04. The van der Waals surface area contributed by atoms with Gasteiger partial charge in [-0.3, -0.25) is 4.90 Å². The maximum Gasteiger partial charge on any atom is 0.137 e. The van der Waals surface area contributed by atoms with E-state index in [1.54, 1.807) is 0 Å². The molecule has 1 saturated heterocycles. The molecule has 1 aromatic rings. The zero-order valence-electron chi connectivity index (χ0n) is 13.3. The first kappa shape index (κ1) is 14.6. The molecular weight excluding hydrogens is 262 g/mol. The number of nitrogen functional groups attached to an aromatic ring is 1. The molecule has 21 heavy (non-hydrogen) atoms. The lowest BCUT2D eigenvalue weighted by atomic mass is 10.1. The molecule has 5 heteroatoms. The third-order valence-electron chi connectivity index (χ3n) is 4.98. The number of hydrogen-bond acceptors (Lipinski definition) is 5. The third kappa shape index (κ3) is 2.98. The molecule has 1 aromatic heterocycles. The first-order valence-corrected chi connectivity index (χ1v) is 8.31. The standard InChI is InChI=1S/C16H27N5/c1-3-14-18-15(17)12(2)16(19-14)21-10-8-20(9-11-21)13-6-4-5-7-13/h13H,3-11H2,1-2H3,(H2,17,18,19). The van der Waals surface area contributed by atoms with Crippen molar-refractivity contribution >= 4 is 11.6 Å². The predicted molar refractivity (Wildman–Crippen MR) is 86.6 cm³/mol. The van der Waals surface area contributed by atoms with Crippen molar-refractivity contribution in [3.8, 4) is 0 Å². The molecule has 2 fully saturated rings. The Kier molecular flexibility index (Phi) is 4.29. The largest absolute Gasteiger partial charge is 0.383 e. The summed E-state index contributed by atoms with van der Waals surface area (Å²) >= 11 is 0. The molecule has 0 atom stereocenters. The molecule has 116 valence electrons. The Bertz CT molecular complexity index is 488. The highest BCUT2D eigenvalue weighted by Crippen LogP contribution is 2.27. The Morgan fingerprint density at radius 3 is 2.38 bits per heavy atom. The van der Waals surface area contributed by atoms with Crippen molar-refractivity contribution in [2.24, 2.45) is 0 Å². The highest BCUT2D eigenvalue weighted by Gasteiger charge is 2.27. The number of aromatic nitrogens is 2. The molecule has 2 heterocycles. The molecule has 0 spiro atoms. The maximum atomic E-state index is 6.04. The molecule has 0 bridgehead atoms. The van der Waals surface area contributed by atoms with Crippen LogP contribution in [-0.4, -0.2) is 47.1 Å². The zero-order chi connectivity index (χ0) is 14.8. The van der Waals surface area contributed by atoms with Crippen LogP contribution in [0.5, 0.6) is 0 Å². The van der Waals surface area contributed by atoms with Gasteiger partial charge in [-0.05, 0) is 19.8 Å². The first-order chi connectivity index (χ1) is 10.2. The van der Waals surface area contributed by atoms with E-state index >= 15 is 0 Å².